The third-order valence-corrected chi connectivity index (χ3v) is 6.02. The zero-order valence-corrected chi connectivity index (χ0v) is 15.4. The Hall–Kier alpha value is -2.82. The number of para-hydroxylation sites is 1. The van der Waals surface area contributed by atoms with Gasteiger partial charge in [-0.15, -0.1) is 0 Å². The molecule has 2 fully saturated rings. The number of imidazole rings is 1. The molecule has 2 aromatic heterocycles. The van der Waals surface area contributed by atoms with Crippen molar-refractivity contribution in [3.05, 3.63) is 66.1 Å². The van der Waals surface area contributed by atoms with Crippen LogP contribution in [-0.4, -0.2) is 39.4 Å². The van der Waals surface area contributed by atoms with E-state index in [-0.39, 0.29) is 12.0 Å². The van der Waals surface area contributed by atoms with Gasteiger partial charge in [-0.25, -0.2) is 4.98 Å². The van der Waals surface area contributed by atoms with E-state index in [0.29, 0.717) is 17.5 Å². The number of amides is 1. The molecular formula is C22H23N3O2. The van der Waals surface area contributed by atoms with Crippen molar-refractivity contribution >= 4 is 11.6 Å². The quantitative estimate of drug-likeness (QED) is 0.716. The van der Waals surface area contributed by atoms with Gasteiger partial charge in [0.15, 0.2) is 0 Å². The molecule has 5 heteroatoms. The van der Waals surface area contributed by atoms with Gasteiger partial charge in [-0.3, -0.25) is 4.79 Å². The van der Waals surface area contributed by atoms with Crippen LogP contribution in [0.3, 0.4) is 0 Å². The average molecular weight is 361 g/mol. The minimum Gasteiger partial charge on any atom is -0.490 e. The van der Waals surface area contributed by atoms with E-state index in [1.807, 2.05) is 71.0 Å². The highest BCUT2D eigenvalue weighted by molar-refractivity contribution is 5.93. The van der Waals surface area contributed by atoms with Crippen molar-refractivity contribution in [3.63, 3.8) is 0 Å². The standard InChI is InChI=1S/C22H23N3O2/c1-15-6-5-9-21-23-19(14-25(15)21)22(26)24-12-16-10-11-20(18(16)13-24)27-17-7-3-2-4-8-17/h2-9,14,16,18,20H,10-13H2,1H3/t16-,18+,20-/m0/s1. The fourth-order valence-corrected chi connectivity index (χ4v) is 4.61. The van der Waals surface area contributed by atoms with E-state index in [1.54, 1.807) is 0 Å². The molecule has 1 saturated heterocycles. The van der Waals surface area contributed by atoms with E-state index >= 15 is 0 Å². The van der Waals surface area contributed by atoms with Crippen molar-refractivity contribution in [2.45, 2.75) is 25.9 Å². The van der Waals surface area contributed by atoms with Gasteiger partial charge < -0.3 is 14.0 Å². The van der Waals surface area contributed by atoms with E-state index in [9.17, 15) is 4.79 Å². The molecular weight excluding hydrogens is 338 g/mol. The number of hydrogen-bond donors (Lipinski definition) is 0. The summed E-state index contributed by atoms with van der Waals surface area (Å²) in [7, 11) is 0. The second-order valence-electron chi connectivity index (χ2n) is 7.70. The highest BCUT2D eigenvalue weighted by atomic mass is 16.5. The molecule has 2 aliphatic rings. The summed E-state index contributed by atoms with van der Waals surface area (Å²) in [4.78, 5) is 19.5. The largest absolute Gasteiger partial charge is 0.490 e. The fraction of sp³-hybridized carbons (Fsp3) is 0.364. The predicted octanol–water partition coefficient (Wildman–Crippen LogP) is 3.57. The minimum atomic E-state index is 0.0333. The summed E-state index contributed by atoms with van der Waals surface area (Å²) >= 11 is 0. The second-order valence-corrected chi connectivity index (χ2v) is 7.70. The van der Waals surface area contributed by atoms with Gasteiger partial charge in [0.05, 0.1) is 0 Å². The molecule has 1 amide bonds. The zero-order chi connectivity index (χ0) is 18.4. The van der Waals surface area contributed by atoms with Gasteiger partial charge in [-0.05, 0) is 49.9 Å². The Morgan fingerprint density at radius 3 is 2.74 bits per heavy atom. The first-order valence-electron chi connectivity index (χ1n) is 9.65. The Labute approximate surface area is 158 Å². The smallest absolute Gasteiger partial charge is 0.274 e. The van der Waals surface area contributed by atoms with Gasteiger partial charge in [-0.2, -0.15) is 0 Å². The first kappa shape index (κ1) is 16.4. The Morgan fingerprint density at radius 1 is 1.07 bits per heavy atom. The molecule has 0 spiro atoms. The monoisotopic (exact) mass is 361 g/mol. The number of rotatable bonds is 3. The number of carbonyl (C=O) groups is 1. The molecule has 0 unspecified atom stereocenters. The molecule has 1 aliphatic carbocycles. The van der Waals surface area contributed by atoms with E-state index in [2.05, 4.69) is 4.98 Å². The Kier molecular flexibility index (Phi) is 3.88. The van der Waals surface area contributed by atoms with Crippen LogP contribution in [0.15, 0.2) is 54.7 Å². The average Bonchev–Trinajstić information content (AvgIpc) is 3.38. The minimum absolute atomic E-state index is 0.0333. The summed E-state index contributed by atoms with van der Waals surface area (Å²) in [5, 5.41) is 0. The van der Waals surface area contributed by atoms with Gasteiger partial charge in [0.2, 0.25) is 0 Å². The third-order valence-electron chi connectivity index (χ3n) is 6.02. The highest BCUT2D eigenvalue weighted by Gasteiger charge is 2.45. The van der Waals surface area contributed by atoms with Crippen molar-refractivity contribution in [3.8, 4) is 5.75 Å². The van der Waals surface area contributed by atoms with Crippen LogP contribution in [0, 0.1) is 18.8 Å². The van der Waals surface area contributed by atoms with Gasteiger partial charge in [0.25, 0.3) is 5.91 Å². The number of hydrogen-bond acceptors (Lipinski definition) is 3. The summed E-state index contributed by atoms with van der Waals surface area (Å²) in [6.45, 7) is 3.59. The highest BCUT2D eigenvalue weighted by Crippen LogP contribution is 2.40. The normalized spacial score (nSPS) is 24.3. The molecule has 1 saturated carbocycles. The number of ether oxygens (including phenoxy) is 1. The number of likely N-dealkylation sites (tertiary alicyclic amines) is 1. The lowest BCUT2D eigenvalue weighted by molar-refractivity contribution is 0.0757. The zero-order valence-electron chi connectivity index (χ0n) is 15.4. The van der Waals surface area contributed by atoms with Crippen LogP contribution >= 0.6 is 0 Å². The first-order valence-corrected chi connectivity index (χ1v) is 9.65. The van der Waals surface area contributed by atoms with Crippen LogP contribution in [0.4, 0.5) is 0 Å². The van der Waals surface area contributed by atoms with Gasteiger partial charge in [-0.1, -0.05) is 24.3 Å². The molecule has 138 valence electrons. The number of fused-ring (bicyclic) bond motifs is 2. The number of pyridine rings is 1. The van der Waals surface area contributed by atoms with E-state index < -0.39 is 0 Å². The van der Waals surface area contributed by atoms with Crippen LogP contribution in [0.1, 0.15) is 29.0 Å². The van der Waals surface area contributed by atoms with Crippen LogP contribution in [0.2, 0.25) is 0 Å². The Morgan fingerprint density at radius 2 is 1.93 bits per heavy atom. The molecule has 5 nitrogen and oxygen atoms in total. The number of benzene rings is 1. The summed E-state index contributed by atoms with van der Waals surface area (Å²) in [5.74, 6) is 1.89. The van der Waals surface area contributed by atoms with Crippen molar-refractivity contribution < 1.29 is 9.53 Å². The number of aromatic nitrogens is 2. The lowest BCUT2D eigenvalue weighted by atomic mass is 9.99. The van der Waals surface area contributed by atoms with Crippen LogP contribution in [0.5, 0.6) is 5.75 Å². The number of carbonyl (C=O) groups excluding carboxylic acids is 1. The van der Waals surface area contributed by atoms with Gasteiger partial charge in [0.1, 0.15) is 23.2 Å². The van der Waals surface area contributed by atoms with E-state index in [0.717, 1.165) is 43.0 Å². The predicted molar refractivity (Wildman–Crippen MR) is 103 cm³/mol. The summed E-state index contributed by atoms with van der Waals surface area (Å²) in [5.41, 5.74) is 2.43. The first-order chi connectivity index (χ1) is 13.2. The maximum Gasteiger partial charge on any atom is 0.274 e. The lowest BCUT2D eigenvalue weighted by Crippen LogP contribution is -2.32. The van der Waals surface area contributed by atoms with Crippen molar-refractivity contribution in [2.75, 3.05) is 13.1 Å². The number of aryl methyl sites for hydroxylation is 1. The number of nitrogens with zero attached hydrogens (tertiary/aromatic N) is 3. The molecule has 27 heavy (non-hydrogen) atoms. The second kappa shape index (κ2) is 6.41. The van der Waals surface area contributed by atoms with E-state index in [1.165, 1.54) is 0 Å². The summed E-state index contributed by atoms with van der Waals surface area (Å²) in [6, 6.07) is 15.9. The lowest BCUT2D eigenvalue weighted by Gasteiger charge is -2.21. The van der Waals surface area contributed by atoms with Crippen LogP contribution in [0.25, 0.3) is 5.65 Å². The van der Waals surface area contributed by atoms with Crippen molar-refractivity contribution in [1.82, 2.24) is 14.3 Å². The van der Waals surface area contributed by atoms with Gasteiger partial charge in [0, 0.05) is 30.9 Å². The van der Waals surface area contributed by atoms with Crippen LogP contribution < -0.4 is 4.74 Å². The molecule has 0 radical (unpaired) electrons. The topological polar surface area (TPSA) is 46.8 Å². The molecule has 3 heterocycles. The SMILES string of the molecule is Cc1cccc2nc(C(=O)N3C[C@@H]4CC[C@H](Oc5ccccc5)[C@@H]4C3)cn12. The third kappa shape index (κ3) is 2.87. The Balaban J connectivity index is 1.32. The fourth-order valence-electron chi connectivity index (χ4n) is 4.61. The molecule has 3 aromatic rings. The molecule has 0 N–H and O–H groups in total. The molecule has 3 atom stereocenters. The summed E-state index contributed by atoms with van der Waals surface area (Å²) in [6.07, 6.45) is 4.24. The molecule has 1 aliphatic heterocycles. The Bertz CT molecular complexity index is 982. The maximum atomic E-state index is 13.0. The summed E-state index contributed by atoms with van der Waals surface area (Å²) < 4.78 is 8.21. The van der Waals surface area contributed by atoms with Crippen LogP contribution in [-0.2, 0) is 0 Å². The molecule has 0 bridgehead atoms. The van der Waals surface area contributed by atoms with Gasteiger partial charge >= 0.3 is 0 Å². The maximum absolute atomic E-state index is 13.0. The molecule has 1 aromatic carbocycles. The molecule has 5 rings (SSSR count). The van der Waals surface area contributed by atoms with Crippen molar-refractivity contribution in [2.24, 2.45) is 11.8 Å². The van der Waals surface area contributed by atoms with E-state index in [4.69, 9.17) is 4.74 Å². The van der Waals surface area contributed by atoms with Crippen molar-refractivity contribution in [1.29, 1.82) is 0 Å².